The van der Waals surface area contributed by atoms with Gasteiger partial charge in [0.05, 0.1) is 6.67 Å². The molecule has 0 spiro atoms. The smallest absolute Gasteiger partial charge is 0.183 e. The van der Waals surface area contributed by atoms with Gasteiger partial charge in [0.15, 0.2) is 5.88 Å². The molecule has 0 fully saturated rings. The Labute approximate surface area is 131 Å². The first-order valence-electron chi connectivity index (χ1n) is 7.80. The van der Waals surface area contributed by atoms with Crippen molar-refractivity contribution in [3.63, 3.8) is 0 Å². The van der Waals surface area contributed by atoms with Crippen LogP contribution in [0, 0.1) is 0 Å². The van der Waals surface area contributed by atoms with Gasteiger partial charge in [-0.1, -0.05) is 55.5 Å². The maximum atomic E-state index is 5.99. The van der Waals surface area contributed by atoms with Crippen molar-refractivity contribution in [1.29, 1.82) is 0 Å². The molecule has 0 amide bonds. The zero-order valence-electron chi connectivity index (χ0n) is 12.9. The number of allylic oxidation sites excluding steroid dienone is 1. The number of nitrogens with one attached hydrogen (secondary N) is 1. The molecule has 0 saturated carbocycles. The molecular weight excluding hydrogens is 272 g/mol. The number of nitrogens with two attached hydrogens (primary N) is 1. The molecule has 0 atom stereocenters. The Morgan fingerprint density at radius 3 is 2.23 bits per heavy atom. The summed E-state index contributed by atoms with van der Waals surface area (Å²) in [4.78, 5) is 0. The molecule has 0 bridgehead atoms. The van der Waals surface area contributed by atoms with Gasteiger partial charge in [-0.2, -0.15) is 0 Å². The van der Waals surface area contributed by atoms with Crippen molar-refractivity contribution >= 4 is 0 Å². The van der Waals surface area contributed by atoms with Crippen molar-refractivity contribution in [2.24, 2.45) is 5.73 Å². The van der Waals surface area contributed by atoms with E-state index in [2.05, 4.69) is 60.8 Å². The summed E-state index contributed by atoms with van der Waals surface area (Å²) in [5.74, 6) is 1.04. The third-order valence-electron chi connectivity index (χ3n) is 4.03. The van der Waals surface area contributed by atoms with Crippen LogP contribution in [0.5, 0.6) is 0 Å². The highest BCUT2D eigenvalue weighted by Crippen LogP contribution is 2.44. The van der Waals surface area contributed by atoms with Crippen LogP contribution in [0.3, 0.4) is 0 Å². The first-order chi connectivity index (χ1) is 10.8. The lowest BCUT2D eigenvalue weighted by Gasteiger charge is -2.17. The molecule has 1 aliphatic rings. The van der Waals surface area contributed by atoms with Crippen LogP contribution in [0.1, 0.15) is 30.4 Å². The second-order valence-electron chi connectivity index (χ2n) is 5.40. The number of rotatable bonds is 6. The molecule has 2 aromatic carbocycles. The Hall–Kier alpha value is -2.26. The minimum absolute atomic E-state index is 0.271. The van der Waals surface area contributed by atoms with Crippen LogP contribution in [0.4, 0.5) is 0 Å². The third-order valence-corrected chi connectivity index (χ3v) is 4.03. The summed E-state index contributed by atoms with van der Waals surface area (Å²) >= 11 is 0. The van der Waals surface area contributed by atoms with E-state index in [1.165, 1.54) is 22.3 Å². The molecule has 0 heterocycles. The van der Waals surface area contributed by atoms with Gasteiger partial charge in [0.1, 0.15) is 6.61 Å². The molecule has 22 heavy (non-hydrogen) atoms. The molecule has 2 aromatic rings. The first kappa shape index (κ1) is 14.7. The predicted molar refractivity (Wildman–Crippen MR) is 90.2 cm³/mol. The van der Waals surface area contributed by atoms with Crippen LogP contribution in [-0.2, 0) is 4.74 Å². The Kier molecular flexibility index (Phi) is 4.45. The van der Waals surface area contributed by atoms with Gasteiger partial charge in [-0.3, -0.25) is 0 Å². The monoisotopic (exact) mass is 294 g/mol. The number of benzene rings is 2. The topological polar surface area (TPSA) is 47.3 Å². The molecule has 3 rings (SSSR count). The summed E-state index contributed by atoms with van der Waals surface area (Å²) in [7, 11) is 0. The van der Waals surface area contributed by atoms with Gasteiger partial charge in [-0.25, -0.2) is 0 Å². The predicted octanol–water partition coefficient (Wildman–Crippen LogP) is 3.57. The number of hydrogen-bond donors (Lipinski definition) is 2. The maximum absolute atomic E-state index is 5.99. The molecule has 0 unspecified atom stereocenters. The number of ether oxygens (including phenoxy) is 1. The SMILES string of the molecule is CC/C=C(\NCN)OCC1c2ccccc2-c2ccccc21. The molecule has 3 nitrogen and oxygen atoms in total. The highest BCUT2D eigenvalue weighted by Gasteiger charge is 2.28. The van der Waals surface area contributed by atoms with Crippen molar-refractivity contribution in [3.8, 4) is 11.1 Å². The summed E-state index contributed by atoms with van der Waals surface area (Å²) in [5, 5.41) is 3.07. The second-order valence-corrected chi connectivity index (χ2v) is 5.40. The standard InChI is InChI=1S/C19H22N2O/c1-2-7-19(21-13-20)22-12-18-16-10-5-3-8-14(16)15-9-4-6-11-17(15)18/h3-11,18,21H,2,12-13,20H2,1H3/b19-7+. The van der Waals surface area contributed by atoms with E-state index in [-0.39, 0.29) is 5.92 Å². The molecular formula is C19H22N2O. The normalized spacial score (nSPS) is 13.6. The lowest BCUT2D eigenvalue weighted by molar-refractivity contribution is 0.182. The van der Waals surface area contributed by atoms with Gasteiger partial charge in [0.25, 0.3) is 0 Å². The Balaban J connectivity index is 1.86. The summed E-state index contributed by atoms with van der Waals surface area (Å²) in [6.45, 7) is 3.08. The first-order valence-corrected chi connectivity index (χ1v) is 7.80. The third kappa shape index (κ3) is 2.72. The molecule has 1 aliphatic carbocycles. The average molecular weight is 294 g/mol. The van der Waals surface area contributed by atoms with Crippen LogP contribution in [-0.4, -0.2) is 13.3 Å². The van der Waals surface area contributed by atoms with E-state index in [0.717, 1.165) is 12.3 Å². The zero-order valence-corrected chi connectivity index (χ0v) is 12.9. The zero-order chi connectivity index (χ0) is 15.4. The Morgan fingerprint density at radius 1 is 1.09 bits per heavy atom. The minimum Gasteiger partial charge on any atom is -0.478 e. The number of fused-ring (bicyclic) bond motifs is 3. The highest BCUT2D eigenvalue weighted by atomic mass is 16.5. The fraction of sp³-hybridized carbons (Fsp3) is 0.263. The van der Waals surface area contributed by atoms with E-state index in [0.29, 0.717) is 13.3 Å². The summed E-state index contributed by atoms with van der Waals surface area (Å²) in [6, 6.07) is 17.2. The molecule has 0 radical (unpaired) electrons. The van der Waals surface area contributed by atoms with Crippen LogP contribution in [0.2, 0.25) is 0 Å². The van der Waals surface area contributed by atoms with Gasteiger partial charge in [-0.15, -0.1) is 0 Å². The summed E-state index contributed by atoms with van der Waals surface area (Å²) < 4.78 is 5.99. The van der Waals surface area contributed by atoms with Crippen molar-refractivity contribution in [2.75, 3.05) is 13.3 Å². The van der Waals surface area contributed by atoms with Crippen LogP contribution >= 0.6 is 0 Å². The Morgan fingerprint density at radius 2 is 1.68 bits per heavy atom. The van der Waals surface area contributed by atoms with E-state index < -0.39 is 0 Å². The van der Waals surface area contributed by atoms with Gasteiger partial charge >= 0.3 is 0 Å². The quantitative estimate of drug-likeness (QED) is 0.632. The summed E-state index contributed by atoms with van der Waals surface area (Å²) in [5.41, 5.74) is 10.9. The minimum atomic E-state index is 0.271. The van der Waals surface area contributed by atoms with Crippen molar-refractivity contribution in [2.45, 2.75) is 19.3 Å². The van der Waals surface area contributed by atoms with Gasteiger partial charge < -0.3 is 15.8 Å². The molecule has 0 saturated heterocycles. The van der Waals surface area contributed by atoms with E-state index in [1.807, 2.05) is 6.08 Å². The molecule has 3 N–H and O–H groups in total. The van der Waals surface area contributed by atoms with E-state index >= 15 is 0 Å². The molecule has 0 aromatic heterocycles. The van der Waals surface area contributed by atoms with Gasteiger partial charge in [-0.05, 0) is 34.8 Å². The van der Waals surface area contributed by atoms with Crippen LogP contribution in [0.25, 0.3) is 11.1 Å². The van der Waals surface area contributed by atoms with Gasteiger partial charge in [0.2, 0.25) is 0 Å². The van der Waals surface area contributed by atoms with E-state index in [9.17, 15) is 0 Å². The lowest BCUT2D eigenvalue weighted by atomic mass is 9.98. The largest absolute Gasteiger partial charge is 0.478 e. The van der Waals surface area contributed by atoms with Crippen molar-refractivity contribution in [3.05, 3.63) is 71.6 Å². The lowest BCUT2D eigenvalue weighted by Crippen LogP contribution is -2.24. The Bertz CT molecular complexity index is 633. The van der Waals surface area contributed by atoms with Gasteiger partial charge in [0, 0.05) is 5.92 Å². The van der Waals surface area contributed by atoms with Crippen molar-refractivity contribution in [1.82, 2.24) is 5.32 Å². The molecule has 0 aliphatic heterocycles. The molecule has 3 heteroatoms. The molecule has 114 valence electrons. The van der Waals surface area contributed by atoms with E-state index in [1.54, 1.807) is 0 Å². The second kappa shape index (κ2) is 6.67. The summed E-state index contributed by atoms with van der Waals surface area (Å²) in [6.07, 6.45) is 2.94. The highest BCUT2D eigenvalue weighted by molar-refractivity contribution is 5.78. The van der Waals surface area contributed by atoms with Crippen LogP contribution < -0.4 is 11.1 Å². The van der Waals surface area contributed by atoms with Crippen molar-refractivity contribution < 1.29 is 4.74 Å². The number of hydrogen-bond acceptors (Lipinski definition) is 3. The fourth-order valence-electron chi connectivity index (χ4n) is 3.08. The van der Waals surface area contributed by atoms with Crippen LogP contribution in [0.15, 0.2) is 60.5 Å². The maximum Gasteiger partial charge on any atom is 0.183 e. The van der Waals surface area contributed by atoms with E-state index in [4.69, 9.17) is 10.5 Å². The fourth-order valence-corrected chi connectivity index (χ4v) is 3.08. The average Bonchev–Trinajstić information content (AvgIpc) is 2.87.